The Balaban J connectivity index is 4.66. The molecule has 0 aliphatic heterocycles. The maximum absolute atomic E-state index is 11.2. The highest BCUT2D eigenvalue weighted by molar-refractivity contribution is 5.81. The van der Waals surface area contributed by atoms with E-state index in [-0.39, 0.29) is 66.1 Å². The van der Waals surface area contributed by atoms with Gasteiger partial charge in [-0.3, -0.25) is 0 Å². The van der Waals surface area contributed by atoms with E-state index in [1.165, 1.54) is 0 Å². The van der Waals surface area contributed by atoms with E-state index in [0.717, 1.165) is 18.2 Å². The van der Waals surface area contributed by atoms with Crippen LogP contribution < -0.4 is 0 Å². The summed E-state index contributed by atoms with van der Waals surface area (Å²) in [6.07, 6.45) is -0.282. The molecule has 0 aliphatic carbocycles. The fourth-order valence-corrected chi connectivity index (χ4v) is 2.43. The minimum Gasteiger partial charge on any atom is -0.460 e. The van der Waals surface area contributed by atoms with Crippen LogP contribution in [0.15, 0.2) is 48.3 Å². The molecule has 0 aromatic carbocycles. The zero-order valence-electron chi connectivity index (χ0n) is 22.0. The minimum atomic E-state index is -1.14. The van der Waals surface area contributed by atoms with E-state index >= 15 is 0 Å². The van der Waals surface area contributed by atoms with Crippen molar-refractivity contribution in [3.05, 3.63) is 47.8 Å². The molecule has 0 aromatic rings. The lowest BCUT2D eigenvalue weighted by Gasteiger charge is -2.21. The number of nitrogens with zero attached hydrogens (tertiary/aromatic N) is 2. The maximum Gasteiger partial charge on any atom is 0.330 e. The standard InChI is InChI=1S/C24H36N2O14/c1-4-22(29)38-9-17(25-32)7-34-11-19(27)12-35-15-21(16-36-13-20(28)14-40-24(31)6-3)37-8-18(26-33)10-39-23(30)5-2/h4-6,17-21,27-28H,1-3,7-16H2. The van der Waals surface area contributed by atoms with Crippen molar-refractivity contribution in [3.8, 4) is 0 Å². The number of nitroso groups, excluding NO2 is 2. The topological polar surface area (TPSA) is 215 Å². The summed E-state index contributed by atoms with van der Waals surface area (Å²) in [4.78, 5) is 55.2. The second-order valence-electron chi connectivity index (χ2n) is 7.90. The Hall–Kier alpha value is -3.41. The van der Waals surface area contributed by atoms with Gasteiger partial charge >= 0.3 is 17.9 Å². The van der Waals surface area contributed by atoms with Crippen molar-refractivity contribution < 1.29 is 57.8 Å². The van der Waals surface area contributed by atoms with Crippen LogP contribution in [0.1, 0.15) is 0 Å². The van der Waals surface area contributed by atoms with E-state index in [1.54, 1.807) is 0 Å². The molecule has 226 valence electrons. The third kappa shape index (κ3) is 19.6. The smallest absolute Gasteiger partial charge is 0.330 e. The van der Waals surface area contributed by atoms with Crippen molar-refractivity contribution in [2.45, 2.75) is 30.4 Å². The van der Waals surface area contributed by atoms with E-state index in [2.05, 4.69) is 30.1 Å². The Bertz CT molecular complexity index is 808. The Labute approximate surface area is 230 Å². The molecule has 0 rings (SSSR count). The summed E-state index contributed by atoms with van der Waals surface area (Å²) < 4.78 is 35.7. The van der Waals surface area contributed by atoms with Gasteiger partial charge in [-0.15, -0.1) is 0 Å². The lowest BCUT2D eigenvalue weighted by molar-refractivity contribution is -0.143. The van der Waals surface area contributed by atoms with Crippen molar-refractivity contribution in [1.82, 2.24) is 0 Å². The quantitative estimate of drug-likeness (QED) is 0.0580. The van der Waals surface area contributed by atoms with Crippen molar-refractivity contribution >= 4 is 17.9 Å². The number of aliphatic hydroxyl groups is 2. The molecule has 0 amide bonds. The number of hydrogen-bond donors (Lipinski definition) is 2. The van der Waals surface area contributed by atoms with Crippen LogP contribution in [-0.2, 0) is 47.5 Å². The van der Waals surface area contributed by atoms with Crippen molar-refractivity contribution in [2.24, 2.45) is 10.4 Å². The molecule has 0 spiro atoms. The number of rotatable bonds is 26. The summed E-state index contributed by atoms with van der Waals surface area (Å²) in [5, 5.41) is 25.5. The van der Waals surface area contributed by atoms with E-state index in [1.807, 2.05) is 0 Å². The van der Waals surface area contributed by atoms with Gasteiger partial charge < -0.3 is 43.4 Å². The average Bonchev–Trinajstić information content (AvgIpc) is 2.96. The van der Waals surface area contributed by atoms with Gasteiger partial charge in [-0.05, 0) is 0 Å². The van der Waals surface area contributed by atoms with Crippen molar-refractivity contribution in [3.63, 3.8) is 0 Å². The Kier molecular flexibility index (Phi) is 21.5. The van der Waals surface area contributed by atoms with E-state index in [9.17, 15) is 34.4 Å². The second kappa shape index (κ2) is 23.5. The third-order valence-electron chi connectivity index (χ3n) is 4.42. The monoisotopic (exact) mass is 576 g/mol. The molecular weight excluding hydrogens is 540 g/mol. The number of ether oxygens (including phenoxy) is 7. The number of carbonyl (C=O) groups excluding carboxylic acids is 3. The van der Waals surface area contributed by atoms with Gasteiger partial charge in [0.1, 0.15) is 50.2 Å². The Morgan fingerprint density at radius 3 is 1.38 bits per heavy atom. The molecule has 0 radical (unpaired) electrons. The second-order valence-corrected chi connectivity index (χ2v) is 7.90. The van der Waals surface area contributed by atoms with Crippen LogP contribution >= 0.6 is 0 Å². The van der Waals surface area contributed by atoms with Gasteiger partial charge in [0.05, 0.1) is 46.2 Å². The van der Waals surface area contributed by atoms with Gasteiger partial charge in [-0.1, -0.05) is 30.1 Å². The Morgan fingerprint density at radius 2 is 0.950 bits per heavy atom. The minimum absolute atomic E-state index is 0.146. The summed E-state index contributed by atoms with van der Waals surface area (Å²) in [7, 11) is 0. The summed E-state index contributed by atoms with van der Waals surface area (Å²) >= 11 is 0. The van der Waals surface area contributed by atoms with Crippen LogP contribution in [0.2, 0.25) is 0 Å². The fourth-order valence-electron chi connectivity index (χ4n) is 2.43. The first-order valence-corrected chi connectivity index (χ1v) is 11.9. The predicted octanol–water partition coefficient (Wildman–Crippen LogP) is -0.399. The summed E-state index contributed by atoms with van der Waals surface area (Å²) in [5.41, 5.74) is 0. The molecule has 0 aliphatic rings. The van der Waals surface area contributed by atoms with Gasteiger partial charge in [0, 0.05) is 18.2 Å². The molecule has 5 atom stereocenters. The van der Waals surface area contributed by atoms with Crippen molar-refractivity contribution in [1.29, 1.82) is 0 Å². The largest absolute Gasteiger partial charge is 0.460 e. The summed E-state index contributed by atoms with van der Waals surface area (Å²) in [6.45, 7) is 7.24. The highest BCUT2D eigenvalue weighted by atomic mass is 16.6. The van der Waals surface area contributed by atoms with E-state index in [4.69, 9.17) is 33.2 Å². The SMILES string of the molecule is C=CC(=O)OCC(O)COCC(COCC(O)COCC(COC(=O)C=C)N=O)OCC(COC(=O)C=C)N=O. The van der Waals surface area contributed by atoms with Crippen LogP contribution in [-0.4, -0.2) is 125 Å². The third-order valence-corrected chi connectivity index (χ3v) is 4.42. The summed E-state index contributed by atoms with van der Waals surface area (Å²) in [6, 6.07) is -2.02. The predicted molar refractivity (Wildman–Crippen MR) is 137 cm³/mol. The molecule has 0 heterocycles. The molecule has 0 fully saturated rings. The highest BCUT2D eigenvalue weighted by Gasteiger charge is 2.19. The highest BCUT2D eigenvalue weighted by Crippen LogP contribution is 2.04. The molecule has 5 unspecified atom stereocenters. The maximum atomic E-state index is 11.2. The fraction of sp³-hybridized carbons (Fsp3) is 0.625. The van der Waals surface area contributed by atoms with Gasteiger partial charge in [0.25, 0.3) is 0 Å². The van der Waals surface area contributed by atoms with Crippen LogP contribution in [0.5, 0.6) is 0 Å². The summed E-state index contributed by atoms with van der Waals surface area (Å²) in [5.74, 6) is -2.18. The van der Waals surface area contributed by atoms with Gasteiger partial charge in [0.15, 0.2) is 0 Å². The molecule has 2 N–H and O–H groups in total. The lowest BCUT2D eigenvalue weighted by atomic mass is 10.3. The first kappa shape index (κ1) is 36.6. The number of carbonyl (C=O) groups is 3. The molecule has 0 saturated heterocycles. The lowest BCUT2D eigenvalue weighted by Crippen LogP contribution is -2.34. The normalized spacial score (nSPS) is 14.4. The molecule has 16 heteroatoms. The first-order chi connectivity index (χ1) is 19.2. The molecule has 0 aromatic heterocycles. The van der Waals surface area contributed by atoms with Gasteiger partial charge in [0.2, 0.25) is 0 Å². The van der Waals surface area contributed by atoms with Gasteiger partial charge in [-0.2, -0.15) is 9.81 Å². The molecular formula is C24H36N2O14. The zero-order valence-corrected chi connectivity index (χ0v) is 22.0. The van der Waals surface area contributed by atoms with E-state index in [0.29, 0.717) is 0 Å². The van der Waals surface area contributed by atoms with Gasteiger partial charge in [-0.25, -0.2) is 14.4 Å². The molecule has 0 saturated carbocycles. The number of aliphatic hydroxyl groups excluding tert-OH is 2. The Morgan fingerprint density at radius 1 is 0.575 bits per heavy atom. The number of esters is 3. The first-order valence-electron chi connectivity index (χ1n) is 11.9. The number of hydrogen-bond acceptors (Lipinski definition) is 16. The van der Waals surface area contributed by atoms with Crippen LogP contribution in [0.4, 0.5) is 0 Å². The molecule has 16 nitrogen and oxygen atoms in total. The van der Waals surface area contributed by atoms with Crippen LogP contribution in [0.3, 0.4) is 0 Å². The van der Waals surface area contributed by atoms with Crippen molar-refractivity contribution in [2.75, 3.05) is 66.1 Å². The zero-order chi connectivity index (χ0) is 30.2. The van der Waals surface area contributed by atoms with Crippen LogP contribution in [0, 0.1) is 9.81 Å². The van der Waals surface area contributed by atoms with Crippen LogP contribution in [0.25, 0.3) is 0 Å². The van der Waals surface area contributed by atoms with E-state index < -0.39 is 48.3 Å². The molecule has 40 heavy (non-hydrogen) atoms. The average molecular weight is 577 g/mol. The molecule has 0 bridgehead atoms.